The van der Waals surface area contributed by atoms with Crippen molar-refractivity contribution in [3.8, 4) is 11.5 Å². The number of rotatable bonds is 8. The normalized spacial score (nSPS) is 12.7. The Morgan fingerprint density at radius 2 is 1.61 bits per heavy atom. The fraction of sp³-hybridized carbons (Fsp3) is 0.143. The van der Waals surface area contributed by atoms with Crippen LogP contribution in [-0.4, -0.2) is 33.3 Å². The lowest BCUT2D eigenvalue weighted by Gasteiger charge is -2.21. The summed E-state index contributed by atoms with van der Waals surface area (Å²) in [6.45, 7) is -0.404. The van der Waals surface area contributed by atoms with Crippen molar-refractivity contribution >= 4 is 38.6 Å². The molecule has 0 aliphatic heterocycles. The van der Waals surface area contributed by atoms with Crippen LogP contribution in [0.5, 0.6) is 11.5 Å². The summed E-state index contributed by atoms with van der Waals surface area (Å²) in [6.07, 6.45) is 4.72. The number of nitrogens with one attached hydrogen (secondary N) is 1. The Kier molecular flexibility index (Phi) is 6.43. The molecule has 1 amide bonds. The summed E-state index contributed by atoms with van der Waals surface area (Å²) in [5.74, 6) is 0.674. The van der Waals surface area contributed by atoms with Crippen molar-refractivity contribution in [2.75, 3.05) is 17.1 Å². The first-order valence-electron chi connectivity index (χ1n) is 11.5. The molecule has 0 aromatic heterocycles. The second kappa shape index (κ2) is 9.83. The predicted molar refractivity (Wildman–Crippen MR) is 142 cm³/mol. The molecule has 0 bridgehead atoms. The lowest BCUT2D eigenvalue weighted by atomic mass is 10.0. The molecule has 1 aliphatic rings. The quantitative estimate of drug-likeness (QED) is 0.282. The van der Waals surface area contributed by atoms with Gasteiger partial charge in [0.1, 0.15) is 18.0 Å². The number of carbonyl (C=O) groups excluding carboxylic acids is 1. The molecule has 4 aromatic rings. The summed E-state index contributed by atoms with van der Waals surface area (Å²) in [6, 6.07) is 26.1. The minimum Gasteiger partial charge on any atom is -0.457 e. The number of para-hydroxylation sites is 1. The number of hydrazone groups is 1. The highest BCUT2D eigenvalue weighted by atomic mass is 32.2. The lowest BCUT2D eigenvalue weighted by molar-refractivity contribution is -0.119. The van der Waals surface area contributed by atoms with Gasteiger partial charge in [-0.25, -0.2) is 13.8 Å². The van der Waals surface area contributed by atoms with E-state index >= 15 is 0 Å². The van der Waals surface area contributed by atoms with E-state index in [1.165, 1.54) is 16.5 Å². The number of aryl methyl sites for hydroxylation is 2. The van der Waals surface area contributed by atoms with Crippen LogP contribution in [0.1, 0.15) is 16.7 Å². The van der Waals surface area contributed by atoms with Gasteiger partial charge in [-0.3, -0.25) is 9.10 Å². The number of nitrogens with zero attached hydrogens (tertiary/aromatic N) is 2. The average Bonchev–Trinajstić information content (AvgIpc) is 3.29. The molecule has 0 heterocycles. The van der Waals surface area contributed by atoms with Gasteiger partial charge in [-0.2, -0.15) is 5.10 Å². The van der Waals surface area contributed by atoms with Crippen LogP contribution in [0.2, 0.25) is 0 Å². The fourth-order valence-electron chi connectivity index (χ4n) is 4.43. The van der Waals surface area contributed by atoms with Crippen LogP contribution < -0.4 is 14.5 Å². The number of benzene rings is 4. The molecule has 4 aromatic carbocycles. The van der Waals surface area contributed by atoms with Gasteiger partial charge in [-0.05, 0) is 71.1 Å². The zero-order valence-electron chi connectivity index (χ0n) is 19.7. The Bertz CT molecular complexity index is 1540. The highest BCUT2D eigenvalue weighted by molar-refractivity contribution is 7.92. The van der Waals surface area contributed by atoms with E-state index in [9.17, 15) is 13.2 Å². The summed E-state index contributed by atoms with van der Waals surface area (Å²) in [5.41, 5.74) is 6.35. The summed E-state index contributed by atoms with van der Waals surface area (Å²) in [5, 5.41) is 6.45. The highest BCUT2D eigenvalue weighted by Gasteiger charge is 2.21. The van der Waals surface area contributed by atoms with Crippen LogP contribution in [-0.2, 0) is 27.7 Å². The molecule has 8 heteroatoms. The Morgan fingerprint density at radius 3 is 2.33 bits per heavy atom. The van der Waals surface area contributed by atoms with Gasteiger partial charge in [-0.1, -0.05) is 48.5 Å². The van der Waals surface area contributed by atoms with Crippen molar-refractivity contribution in [3.63, 3.8) is 0 Å². The standard InChI is InChI=1S/C28H25N3O4S/c1-36(33,34)31(23-14-16-25(17-15-23)35-24-7-3-2-4-8-24)19-27(32)30-29-18-22-13-12-21-11-10-20-6-5-9-26(22)28(20)21/h2-9,12-18H,10-11,19H2,1H3,(H,30,32)/b29-18-. The summed E-state index contributed by atoms with van der Waals surface area (Å²) in [4.78, 5) is 12.6. The third kappa shape index (κ3) is 5.08. The molecule has 0 atom stereocenters. The number of anilines is 1. The van der Waals surface area contributed by atoms with Crippen LogP contribution in [0, 0.1) is 0 Å². The molecule has 0 saturated carbocycles. The SMILES string of the molecule is CS(=O)(=O)N(CC(=O)N/N=C\c1ccc2c3c(cccc13)CC2)c1ccc(Oc2ccccc2)cc1. The Morgan fingerprint density at radius 1 is 0.917 bits per heavy atom. The van der Waals surface area contributed by atoms with Gasteiger partial charge >= 0.3 is 0 Å². The van der Waals surface area contributed by atoms with E-state index in [1.807, 2.05) is 48.5 Å². The first-order chi connectivity index (χ1) is 17.4. The number of ether oxygens (including phenoxy) is 1. The maximum atomic E-state index is 12.6. The van der Waals surface area contributed by atoms with Gasteiger partial charge in [-0.15, -0.1) is 0 Å². The van der Waals surface area contributed by atoms with Gasteiger partial charge in [0.25, 0.3) is 5.91 Å². The first kappa shape index (κ1) is 23.6. The van der Waals surface area contributed by atoms with Crippen molar-refractivity contribution < 1.29 is 17.9 Å². The van der Waals surface area contributed by atoms with Crippen molar-refractivity contribution in [1.29, 1.82) is 0 Å². The largest absolute Gasteiger partial charge is 0.457 e. The topological polar surface area (TPSA) is 88.1 Å². The van der Waals surface area contributed by atoms with Crippen LogP contribution in [0.4, 0.5) is 5.69 Å². The average molecular weight is 500 g/mol. The molecule has 5 rings (SSSR count). The minimum absolute atomic E-state index is 0.351. The second-order valence-corrected chi connectivity index (χ2v) is 10.5. The van der Waals surface area contributed by atoms with Crippen molar-refractivity contribution in [3.05, 3.63) is 102 Å². The van der Waals surface area contributed by atoms with Crippen molar-refractivity contribution in [1.82, 2.24) is 5.43 Å². The van der Waals surface area contributed by atoms with E-state index in [1.54, 1.807) is 30.5 Å². The van der Waals surface area contributed by atoms with E-state index in [-0.39, 0.29) is 0 Å². The van der Waals surface area contributed by atoms with E-state index in [2.05, 4.69) is 22.7 Å². The van der Waals surface area contributed by atoms with Crippen molar-refractivity contribution in [2.24, 2.45) is 5.10 Å². The van der Waals surface area contributed by atoms with Gasteiger partial charge < -0.3 is 4.74 Å². The highest BCUT2D eigenvalue weighted by Crippen LogP contribution is 2.32. The van der Waals surface area contributed by atoms with Gasteiger partial charge in [0.15, 0.2) is 0 Å². The molecular weight excluding hydrogens is 474 g/mol. The fourth-order valence-corrected chi connectivity index (χ4v) is 5.28. The van der Waals surface area contributed by atoms with Gasteiger partial charge in [0, 0.05) is 5.56 Å². The molecule has 1 N–H and O–H groups in total. The zero-order valence-corrected chi connectivity index (χ0v) is 20.5. The third-order valence-corrected chi connectivity index (χ3v) is 7.24. The van der Waals surface area contributed by atoms with Crippen LogP contribution in [0.15, 0.2) is 90.0 Å². The molecule has 36 heavy (non-hydrogen) atoms. The van der Waals surface area contributed by atoms with Crippen LogP contribution in [0.25, 0.3) is 10.8 Å². The Labute approximate surface area is 210 Å². The van der Waals surface area contributed by atoms with Gasteiger partial charge in [0.2, 0.25) is 10.0 Å². The maximum absolute atomic E-state index is 12.6. The van der Waals surface area contributed by atoms with Crippen molar-refractivity contribution in [2.45, 2.75) is 12.8 Å². The summed E-state index contributed by atoms with van der Waals surface area (Å²) in [7, 11) is -3.71. The third-order valence-electron chi connectivity index (χ3n) is 6.09. The zero-order chi connectivity index (χ0) is 25.1. The number of hydrogen-bond acceptors (Lipinski definition) is 5. The molecular formula is C28H25N3O4S. The molecule has 0 unspecified atom stereocenters. The molecule has 7 nitrogen and oxygen atoms in total. The smallest absolute Gasteiger partial charge is 0.260 e. The first-order valence-corrected chi connectivity index (χ1v) is 13.4. The van der Waals surface area contributed by atoms with Crippen LogP contribution >= 0.6 is 0 Å². The molecule has 182 valence electrons. The molecule has 0 spiro atoms. The molecule has 0 fully saturated rings. The van der Waals surface area contributed by atoms with E-state index in [0.29, 0.717) is 17.2 Å². The van der Waals surface area contributed by atoms with E-state index in [0.717, 1.165) is 34.4 Å². The predicted octanol–water partition coefficient (Wildman–Crippen LogP) is 4.65. The monoisotopic (exact) mass is 499 g/mol. The Hall–Kier alpha value is -4.17. The molecule has 1 aliphatic carbocycles. The summed E-state index contributed by atoms with van der Waals surface area (Å²) < 4.78 is 31.7. The van der Waals surface area contributed by atoms with Gasteiger partial charge in [0.05, 0.1) is 18.2 Å². The maximum Gasteiger partial charge on any atom is 0.260 e. The number of carbonyl (C=O) groups is 1. The lowest BCUT2D eigenvalue weighted by Crippen LogP contribution is -2.39. The number of sulfonamides is 1. The number of amides is 1. The second-order valence-electron chi connectivity index (χ2n) is 8.63. The number of hydrogen-bond donors (Lipinski definition) is 1. The molecule has 0 radical (unpaired) electrons. The van der Waals surface area contributed by atoms with E-state index in [4.69, 9.17) is 4.74 Å². The van der Waals surface area contributed by atoms with E-state index < -0.39 is 22.5 Å². The molecule has 0 saturated heterocycles. The van der Waals surface area contributed by atoms with Crippen LogP contribution in [0.3, 0.4) is 0 Å². The Balaban J connectivity index is 1.27. The summed E-state index contributed by atoms with van der Waals surface area (Å²) >= 11 is 0. The minimum atomic E-state index is -3.71.